The van der Waals surface area contributed by atoms with Crippen molar-refractivity contribution in [3.05, 3.63) is 39.9 Å². The average molecular weight is 233 g/mol. The highest BCUT2D eigenvalue weighted by Crippen LogP contribution is 2.19. The molecule has 0 radical (unpaired) electrons. The summed E-state index contributed by atoms with van der Waals surface area (Å²) in [6.07, 6.45) is -0.725. The smallest absolute Gasteiger partial charge is 0.269 e. The number of halogens is 1. The molecule has 0 saturated carbocycles. The first kappa shape index (κ1) is 13.8. The Bertz CT molecular complexity index is 344. The van der Waals surface area contributed by atoms with E-state index < -0.39 is 17.1 Å². The van der Waals surface area contributed by atoms with Crippen molar-refractivity contribution in [1.29, 1.82) is 0 Å². The van der Waals surface area contributed by atoms with Crippen LogP contribution in [0.3, 0.4) is 0 Å². The maximum absolute atomic E-state index is 10.4. The summed E-state index contributed by atoms with van der Waals surface area (Å²) in [7, 11) is 0. The predicted octanol–water partition coefficient (Wildman–Crippen LogP) is 1.40. The zero-order valence-electron chi connectivity index (χ0n) is 8.16. The van der Waals surface area contributed by atoms with Crippen molar-refractivity contribution in [3.63, 3.8) is 0 Å². The summed E-state index contributed by atoms with van der Waals surface area (Å²) < 4.78 is 0. The number of nitro benzene ring substituents is 1. The Labute approximate surface area is 93.5 Å². The van der Waals surface area contributed by atoms with Crippen LogP contribution in [0.4, 0.5) is 5.69 Å². The van der Waals surface area contributed by atoms with Crippen molar-refractivity contribution in [2.45, 2.75) is 19.1 Å². The van der Waals surface area contributed by atoms with Crippen LogP contribution in [0, 0.1) is 10.1 Å². The molecular formula is C9H13ClN2O3. The van der Waals surface area contributed by atoms with E-state index in [4.69, 9.17) is 5.73 Å². The van der Waals surface area contributed by atoms with Gasteiger partial charge in [-0.15, -0.1) is 12.4 Å². The largest absolute Gasteiger partial charge is 0.391 e. The number of nitrogens with two attached hydrogens (primary N) is 1. The van der Waals surface area contributed by atoms with E-state index in [1.54, 1.807) is 19.1 Å². The molecule has 6 heteroatoms. The number of rotatable bonds is 3. The molecule has 3 N–H and O–H groups in total. The molecule has 0 unspecified atom stereocenters. The van der Waals surface area contributed by atoms with Gasteiger partial charge >= 0.3 is 0 Å². The van der Waals surface area contributed by atoms with E-state index in [0.717, 1.165) is 0 Å². The SMILES string of the molecule is C[C@H](O)[C@H](N)c1cccc([N+](=O)[O-])c1.Cl. The van der Waals surface area contributed by atoms with Crippen molar-refractivity contribution in [2.24, 2.45) is 5.73 Å². The van der Waals surface area contributed by atoms with Crippen LogP contribution in [0.5, 0.6) is 0 Å². The van der Waals surface area contributed by atoms with Gasteiger partial charge < -0.3 is 10.8 Å². The van der Waals surface area contributed by atoms with E-state index in [-0.39, 0.29) is 18.1 Å². The molecule has 5 nitrogen and oxygen atoms in total. The third kappa shape index (κ3) is 3.47. The fourth-order valence-corrected chi connectivity index (χ4v) is 1.12. The van der Waals surface area contributed by atoms with Gasteiger partial charge in [0.25, 0.3) is 5.69 Å². The van der Waals surface area contributed by atoms with Crippen LogP contribution in [-0.2, 0) is 0 Å². The number of aliphatic hydroxyl groups excluding tert-OH is 1. The third-order valence-electron chi connectivity index (χ3n) is 1.99. The Hall–Kier alpha value is -1.17. The Kier molecular flexibility index (Phi) is 5.21. The molecule has 0 aromatic heterocycles. The molecule has 0 aliphatic rings. The lowest BCUT2D eigenvalue weighted by Crippen LogP contribution is -2.23. The topological polar surface area (TPSA) is 89.4 Å². The first-order valence-corrected chi connectivity index (χ1v) is 4.20. The minimum absolute atomic E-state index is 0. The highest BCUT2D eigenvalue weighted by Gasteiger charge is 2.14. The maximum atomic E-state index is 10.4. The number of hydrogen-bond acceptors (Lipinski definition) is 4. The second kappa shape index (κ2) is 5.65. The molecule has 2 atom stereocenters. The molecule has 0 bridgehead atoms. The number of aliphatic hydroxyl groups is 1. The average Bonchev–Trinajstić information content (AvgIpc) is 2.16. The number of benzene rings is 1. The standard InChI is InChI=1S/C9H12N2O3.ClH/c1-6(12)9(10)7-3-2-4-8(5-7)11(13)14;/h2-6,9,12H,10H2,1H3;1H/t6-,9-;/m0./s1. The lowest BCUT2D eigenvalue weighted by Gasteiger charge is -2.14. The van der Waals surface area contributed by atoms with Crippen LogP contribution in [0.2, 0.25) is 0 Å². The first-order valence-electron chi connectivity index (χ1n) is 4.20. The quantitative estimate of drug-likeness (QED) is 0.609. The molecule has 1 aromatic rings. The van der Waals surface area contributed by atoms with E-state index in [0.29, 0.717) is 5.56 Å². The summed E-state index contributed by atoms with van der Waals surface area (Å²) in [6.45, 7) is 1.55. The molecule has 1 rings (SSSR count). The normalized spacial score (nSPS) is 13.8. The molecule has 15 heavy (non-hydrogen) atoms. The van der Waals surface area contributed by atoms with Crippen molar-refractivity contribution in [3.8, 4) is 0 Å². The summed E-state index contributed by atoms with van der Waals surface area (Å²) in [5.74, 6) is 0. The van der Waals surface area contributed by atoms with Crippen LogP contribution in [0.15, 0.2) is 24.3 Å². The van der Waals surface area contributed by atoms with Crippen LogP contribution >= 0.6 is 12.4 Å². The number of non-ortho nitro benzene ring substituents is 1. The number of hydrogen-bond donors (Lipinski definition) is 2. The number of nitro groups is 1. The molecular weight excluding hydrogens is 220 g/mol. The summed E-state index contributed by atoms with van der Waals surface area (Å²) >= 11 is 0. The van der Waals surface area contributed by atoms with E-state index in [2.05, 4.69) is 0 Å². The Morgan fingerprint density at radius 3 is 2.60 bits per heavy atom. The van der Waals surface area contributed by atoms with E-state index in [1.165, 1.54) is 12.1 Å². The second-order valence-corrected chi connectivity index (χ2v) is 3.12. The monoisotopic (exact) mass is 232 g/mol. The fraction of sp³-hybridized carbons (Fsp3) is 0.333. The first-order chi connectivity index (χ1) is 6.52. The van der Waals surface area contributed by atoms with Crippen LogP contribution in [-0.4, -0.2) is 16.1 Å². The Morgan fingerprint density at radius 2 is 2.13 bits per heavy atom. The van der Waals surface area contributed by atoms with Crippen molar-refractivity contribution in [2.75, 3.05) is 0 Å². The summed E-state index contributed by atoms with van der Waals surface area (Å²) in [5, 5.41) is 19.7. The predicted molar refractivity (Wildman–Crippen MR) is 59.0 cm³/mol. The van der Waals surface area contributed by atoms with Gasteiger partial charge in [-0.3, -0.25) is 10.1 Å². The summed E-state index contributed by atoms with van der Waals surface area (Å²) in [6, 6.07) is 5.38. The van der Waals surface area contributed by atoms with Gasteiger partial charge in [0.2, 0.25) is 0 Å². The highest BCUT2D eigenvalue weighted by molar-refractivity contribution is 5.85. The van der Waals surface area contributed by atoms with E-state index in [1.807, 2.05) is 0 Å². The lowest BCUT2D eigenvalue weighted by atomic mass is 10.0. The molecule has 0 aliphatic carbocycles. The minimum Gasteiger partial charge on any atom is -0.391 e. The Balaban J connectivity index is 0.00000196. The van der Waals surface area contributed by atoms with E-state index >= 15 is 0 Å². The van der Waals surface area contributed by atoms with Gasteiger partial charge in [-0.05, 0) is 12.5 Å². The van der Waals surface area contributed by atoms with Gasteiger partial charge in [0.05, 0.1) is 17.1 Å². The number of nitrogens with zero attached hydrogens (tertiary/aromatic N) is 1. The van der Waals surface area contributed by atoms with Gasteiger partial charge in [0, 0.05) is 12.1 Å². The van der Waals surface area contributed by atoms with Gasteiger partial charge in [0.15, 0.2) is 0 Å². The summed E-state index contributed by atoms with van der Waals surface area (Å²) in [5.41, 5.74) is 6.18. The van der Waals surface area contributed by atoms with Crippen LogP contribution < -0.4 is 5.73 Å². The molecule has 0 spiro atoms. The minimum atomic E-state index is -0.725. The molecule has 1 aromatic carbocycles. The lowest BCUT2D eigenvalue weighted by molar-refractivity contribution is -0.384. The second-order valence-electron chi connectivity index (χ2n) is 3.12. The van der Waals surface area contributed by atoms with Crippen molar-refractivity contribution >= 4 is 18.1 Å². The van der Waals surface area contributed by atoms with Crippen LogP contribution in [0.25, 0.3) is 0 Å². The van der Waals surface area contributed by atoms with Gasteiger partial charge in [0.1, 0.15) is 0 Å². The zero-order chi connectivity index (χ0) is 10.7. The van der Waals surface area contributed by atoms with Crippen molar-refractivity contribution < 1.29 is 10.0 Å². The maximum Gasteiger partial charge on any atom is 0.269 e. The molecule has 0 amide bonds. The van der Waals surface area contributed by atoms with Crippen molar-refractivity contribution in [1.82, 2.24) is 0 Å². The Morgan fingerprint density at radius 1 is 1.53 bits per heavy atom. The van der Waals surface area contributed by atoms with Gasteiger partial charge in [-0.2, -0.15) is 0 Å². The van der Waals surface area contributed by atoms with E-state index in [9.17, 15) is 15.2 Å². The highest BCUT2D eigenvalue weighted by atomic mass is 35.5. The molecule has 0 heterocycles. The zero-order valence-corrected chi connectivity index (χ0v) is 8.98. The molecule has 0 fully saturated rings. The van der Waals surface area contributed by atoms with Gasteiger partial charge in [-0.25, -0.2) is 0 Å². The molecule has 0 aliphatic heterocycles. The summed E-state index contributed by atoms with van der Waals surface area (Å²) in [4.78, 5) is 9.96. The third-order valence-corrected chi connectivity index (χ3v) is 1.99. The fourth-order valence-electron chi connectivity index (χ4n) is 1.12. The molecule has 84 valence electrons. The molecule has 0 saturated heterocycles. The van der Waals surface area contributed by atoms with Gasteiger partial charge in [-0.1, -0.05) is 12.1 Å². The van der Waals surface area contributed by atoms with Crippen LogP contribution in [0.1, 0.15) is 18.5 Å².